The summed E-state index contributed by atoms with van der Waals surface area (Å²) in [6, 6.07) is 43.0. The molecular weight excluding hydrogens is 402 g/mol. The lowest BCUT2D eigenvalue weighted by Gasteiger charge is -2.17. The van der Waals surface area contributed by atoms with Crippen molar-refractivity contribution >= 4 is 21.8 Å². The van der Waals surface area contributed by atoms with Gasteiger partial charge in [0.1, 0.15) is 0 Å². The Balaban J connectivity index is 1.71. The molecule has 0 radical (unpaired) electrons. The molecule has 0 aliphatic rings. The summed E-state index contributed by atoms with van der Waals surface area (Å²) in [7, 11) is 0. The normalized spacial score (nSPS) is 11.2. The van der Waals surface area contributed by atoms with E-state index in [0.29, 0.717) is 0 Å². The van der Waals surface area contributed by atoms with Crippen LogP contribution in [0.5, 0.6) is 0 Å². The zero-order valence-corrected chi connectivity index (χ0v) is 18.0. The Kier molecular flexibility index (Phi) is 4.63. The molecule has 0 saturated heterocycles. The highest BCUT2D eigenvalue weighted by molar-refractivity contribution is 5.98. The predicted octanol–water partition coefficient (Wildman–Crippen LogP) is 7.48. The van der Waals surface area contributed by atoms with Gasteiger partial charge in [-0.15, -0.1) is 0 Å². The highest BCUT2D eigenvalue weighted by atomic mass is 16.1. The first-order valence-electron chi connectivity index (χ1n) is 11.1. The Hall–Kier alpha value is -4.43. The molecule has 156 valence electrons. The average Bonchev–Trinajstić information content (AvgIpc) is 2.90. The molecule has 0 aliphatic carbocycles. The van der Waals surface area contributed by atoms with Gasteiger partial charge in [0.05, 0.1) is 11.0 Å². The first-order valence-corrected chi connectivity index (χ1v) is 11.1. The maximum Gasteiger partial charge on any atom is 0.197 e. The van der Waals surface area contributed by atoms with Crippen molar-refractivity contribution in [3.63, 3.8) is 0 Å². The third-order valence-electron chi connectivity index (χ3n) is 6.19. The van der Waals surface area contributed by atoms with E-state index in [1.807, 2.05) is 66.7 Å². The molecule has 1 heterocycles. The van der Waals surface area contributed by atoms with Gasteiger partial charge in [-0.2, -0.15) is 0 Å². The molecule has 0 saturated carbocycles. The van der Waals surface area contributed by atoms with Crippen LogP contribution < -0.4 is 5.43 Å². The van der Waals surface area contributed by atoms with Gasteiger partial charge in [-0.05, 0) is 58.7 Å². The summed E-state index contributed by atoms with van der Waals surface area (Å²) < 4.78 is 2.19. The number of hydrogen-bond acceptors (Lipinski definition) is 1. The monoisotopic (exact) mass is 423 g/mol. The average molecular weight is 424 g/mol. The Morgan fingerprint density at radius 2 is 0.848 bits per heavy atom. The molecule has 0 bridgehead atoms. The highest BCUT2D eigenvalue weighted by Crippen LogP contribution is 2.30. The fourth-order valence-corrected chi connectivity index (χ4v) is 4.58. The molecule has 0 spiro atoms. The van der Waals surface area contributed by atoms with Crippen LogP contribution in [0.1, 0.15) is 0 Å². The second kappa shape index (κ2) is 7.92. The molecule has 0 amide bonds. The summed E-state index contributed by atoms with van der Waals surface area (Å²) in [6.45, 7) is 0. The van der Waals surface area contributed by atoms with Gasteiger partial charge in [0, 0.05) is 16.5 Å². The van der Waals surface area contributed by atoms with Crippen molar-refractivity contribution in [1.29, 1.82) is 0 Å². The van der Waals surface area contributed by atoms with Crippen molar-refractivity contribution < 1.29 is 0 Å². The lowest BCUT2D eigenvalue weighted by molar-refractivity contribution is 1.16. The lowest BCUT2D eigenvalue weighted by atomic mass is 9.99. The van der Waals surface area contributed by atoms with E-state index < -0.39 is 0 Å². The van der Waals surface area contributed by atoms with Crippen LogP contribution in [-0.2, 0) is 0 Å². The topological polar surface area (TPSA) is 22.0 Å². The molecule has 0 aliphatic heterocycles. The third-order valence-corrected chi connectivity index (χ3v) is 6.19. The standard InChI is InChI=1S/C31H21NO/c33-31-27-20-24(22-10-4-1-5-11-22)16-18-29(27)32(26-14-8-3-9-15-26)30-19-17-25(21-28(30)31)23-12-6-2-7-13-23/h1-21H. The van der Waals surface area contributed by atoms with Gasteiger partial charge in [0.15, 0.2) is 5.43 Å². The molecular formula is C31H21NO. The summed E-state index contributed by atoms with van der Waals surface area (Å²) in [4.78, 5) is 13.8. The summed E-state index contributed by atoms with van der Waals surface area (Å²) in [6.07, 6.45) is 0. The maximum atomic E-state index is 13.8. The number of rotatable bonds is 3. The van der Waals surface area contributed by atoms with Crippen LogP contribution in [0.3, 0.4) is 0 Å². The third kappa shape index (κ3) is 3.33. The molecule has 2 nitrogen and oxygen atoms in total. The van der Waals surface area contributed by atoms with Crippen LogP contribution in [0.4, 0.5) is 0 Å². The van der Waals surface area contributed by atoms with Gasteiger partial charge in [0.2, 0.25) is 0 Å². The number of hydrogen-bond donors (Lipinski definition) is 0. The minimum Gasteiger partial charge on any atom is -0.309 e. The lowest BCUT2D eigenvalue weighted by Crippen LogP contribution is -2.10. The van der Waals surface area contributed by atoms with Crippen LogP contribution in [0.25, 0.3) is 49.7 Å². The van der Waals surface area contributed by atoms with Crippen molar-refractivity contribution in [1.82, 2.24) is 4.57 Å². The fraction of sp³-hybridized carbons (Fsp3) is 0. The first-order chi connectivity index (χ1) is 16.3. The van der Waals surface area contributed by atoms with Crippen LogP contribution >= 0.6 is 0 Å². The quantitative estimate of drug-likeness (QED) is 0.271. The van der Waals surface area contributed by atoms with Gasteiger partial charge >= 0.3 is 0 Å². The molecule has 0 fully saturated rings. The zero-order valence-electron chi connectivity index (χ0n) is 18.0. The van der Waals surface area contributed by atoms with Crippen LogP contribution in [0, 0.1) is 0 Å². The van der Waals surface area contributed by atoms with E-state index in [4.69, 9.17) is 0 Å². The molecule has 33 heavy (non-hydrogen) atoms. The van der Waals surface area contributed by atoms with E-state index >= 15 is 0 Å². The Bertz CT molecular complexity index is 1550. The maximum absolute atomic E-state index is 13.8. The number of fused-ring (bicyclic) bond motifs is 2. The zero-order chi connectivity index (χ0) is 22.2. The smallest absolute Gasteiger partial charge is 0.197 e. The summed E-state index contributed by atoms with van der Waals surface area (Å²) in [5.74, 6) is 0. The molecule has 0 unspecified atom stereocenters. The van der Waals surface area contributed by atoms with Gasteiger partial charge in [-0.1, -0.05) is 91.0 Å². The van der Waals surface area contributed by atoms with E-state index in [1.54, 1.807) is 0 Å². The van der Waals surface area contributed by atoms with Crippen molar-refractivity contribution in [2.45, 2.75) is 0 Å². The van der Waals surface area contributed by atoms with E-state index in [-0.39, 0.29) is 5.43 Å². The summed E-state index contributed by atoms with van der Waals surface area (Å²) in [5, 5.41) is 1.44. The van der Waals surface area contributed by atoms with Gasteiger partial charge in [0.25, 0.3) is 0 Å². The van der Waals surface area contributed by atoms with E-state index in [2.05, 4.69) is 65.2 Å². The Labute approximate surface area is 192 Å². The minimum atomic E-state index is 0.0581. The SMILES string of the molecule is O=c1c2cc(-c3ccccc3)ccc2n(-c2ccccc2)c2ccc(-c3ccccc3)cc12. The Morgan fingerprint density at radius 3 is 1.30 bits per heavy atom. The number of aromatic nitrogens is 1. The first kappa shape index (κ1) is 19.3. The van der Waals surface area contributed by atoms with Crippen LogP contribution in [0.15, 0.2) is 132 Å². The van der Waals surface area contributed by atoms with Crippen molar-refractivity contribution in [2.24, 2.45) is 0 Å². The molecule has 1 aromatic heterocycles. The van der Waals surface area contributed by atoms with E-state index in [9.17, 15) is 4.79 Å². The van der Waals surface area contributed by atoms with Crippen LogP contribution in [0.2, 0.25) is 0 Å². The predicted molar refractivity (Wildman–Crippen MR) is 138 cm³/mol. The second-order valence-corrected chi connectivity index (χ2v) is 8.20. The van der Waals surface area contributed by atoms with Gasteiger partial charge in [-0.3, -0.25) is 4.79 Å². The second-order valence-electron chi connectivity index (χ2n) is 8.20. The molecule has 5 aromatic carbocycles. The van der Waals surface area contributed by atoms with Crippen LogP contribution in [-0.4, -0.2) is 4.57 Å². The van der Waals surface area contributed by atoms with E-state index in [1.165, 1.54) is 0 Å². The molecule has 0 atom stereocenters. The van der Waals surface area contributed by atoms with Crippen molar-refractivity contribution in [3.05, 3.63) is 138 Å². The highest BCUT2D eigenvalue weighted by Gasteiger charge is 2.14. The van der Waals surface area contributed by atoms with Crippen molar-refractivity contribution in [3.8, 4) is 27.9 Å². The molecule has 0 N–H and O–H groups in total. The molecule has 6 rings (SSSR count). The minimum absolute atomic E-state index is 0.0581. The van der Waals surface area contributed by atoms with Gasteiger partial charge in [-0.25, -0.2) is 0 Å². The molecule has 6 aromatic rings. The number of benzene rings is 5. The largest absolute Gasteiger partial charge is 0.309 e. The van der Waals surface area contributed by atoms with E-state index in [0.717, 1.165) is 49.7 Å². The number of nitrogens with zero attached hydrogens (tertiary/aromatic N) is 1. The molecule has 2 heteroatoms. The fourth-order valence-electron chi connectivity index (χ4n) is 4.58. The Morgan fingerprint density at radius 1 is 0.424 bits per heavy atom. The van der Waals surface area contributed by atoms with Crippen molar-refractivity contribution in [2.75, 3.05) is 0 Å². The van der Waals surface area contributed by atoms with Gasteiger partial charge < -0.3 is 4.57 Å². The number of para-hydroxylation sites is 1. The summed E-state index contributed by atoms with van der Waals surface area (Å²) >= 11 is 0. The number of pyridine rings is 1. The summed E-state index contributed by atoms with van der Waals surface area (Å²) in [5.41, 5.74) is 7.19.